The number of nitrogens with two attached hydrogens (primary N) is 1. The van der Waals surface area contributed by atoms with Crippen LogP contribution in [0.1, 0.15) is 0 Å². The number of ether oxygens (including phenoxy) is 2. The quantitative estimate of drug-likeness (QED) is 0.661. The molecule has 1 aromatic heterocycles. The van der Waals surface area contributed by atoms with Crippen molar-refractivity contribution in [3.8, 4) is 5.75 Å². The molecule has 5 nitrogen and oxygen atoms in total. The van der Waals surface area contributed by atoms with Gasteiger partial charge in [0.15, 0.2) is 11.6 Å². The van der Waals surface area contributed by atoms with E-state index in [2.05, 4.69) is 14.5 Å². The van der Waals surface area contributed by atoms with Crippen molar-refractivity contribution in [2.24, 2.45) is 0 Å². The first-order valence-corrected chi connectivity index (χ1v) is 3.31. The molecule has 0 aliphatic rings. The molecule has 0 aliphatic heterocycles. The molecule has 0 amide bonds. The molecule has 6 heteroatoms. The zero-order valence-electron chi connectivity index (χ0n) is 6.78. The Bertz CT molecular complexity index is 330. The Morgan fingerprint density at radius 3 is 3.00 bits per heavy atom. The minimum Gasteiger partial charge on any atom is -0.437 e. The highest BCUT2D eigenvalue weighted by Gasteiger charge is 2.11. The number of pyridine rings is 1. The van der Waals surface area contributed by atoms with Crippen molar-refractivity contribution < 1.29 is 18.7 Å². The molecule has 2 N–H and O–H groups in total. The largest absolute Gasteiger partial charge is 0.513 e. The molecule has 0 aliphatic carbocycles. The highest BCUT2D eigenvalue weighted by Crippen LogP contribution is 2.19. The van der Waals surface area contributed by atoms with Gasteiger partial charge in [-0.2, -0.15) is 4.39 Å². The first-order valence-electron chi connectivity index (χ1n) is 3.31. The van der Waals surface area contributed by atoms with Gasteiger partial charge >= 0.3 is 6.16 Å². The number of carbonyl (C=O) groups excluding carboxylic acids is 1. The molecule has 70 valence electrons. The SMILES string of the molecule is COC(=O)Oc1ccnc(N)c1F. The normalized spacial score (nSPS) is 9.38. The Morgan fingerprint density at radius 2 is 2.38 bits per heavy atom. The maximum absolute atomic E-state index is 13.0. The Hall–Kier alpha value is -1.85. The van der Waals surface area contributed by atoms with E-state index >= 15 is 0 Å². The summed E-state index contributed by atoms with van der Waals surface area (Å²) in [5.41, 5.74) is 5.12. The maximum atomic E-state index is 13.0. The smallest absolute Gasteiger partial charge is 0.437 e. The van der Waals surface area contributed by atoms with E-state index in [9.17, 15) is 9.18 Å². The van der Waals surface area contributed by atoms with Crippen LogP contribution < -0.4 is 10.5 Å². The molecule has 0 fully saturated rings. The van der Waals surface area contributed by atoms with E-state index in [4.69, 9.17) is 5.73 Å². The van der Waals surface area contributed by atoms with E-state index in [1.165, 1.54) is 12.3 Å². The van der Waals surface area contributed by atoms with Crippen LogP contribution in [0.5, 0.6) is 5.75 Å². The van der Waals surface area contributed by atoms with Gasteiger partial charge in [0.25, 0.3) is 0 Å². The van der Waals surface area contributed by atoms with Gasteiger partial charge in [-0.05, 0) is 0 Å². The molecule has 0 unspecified atom stereocenters. The van der Waals surface area contributed by atoms with Crippen LogP contribution in [0.25, 0.3) is 0 Å². The predicted molar refractivity (Wildman–Crippen MR) is 41.6 cm³/mol. The first-order chi connectivity index (χ1) is 6.15. The third-order valence-electron chi connectivity index (χ3n) is 1.24. The molecular weight excluding hydrogens is 179 g/mol. The molecule has 0 atom stereocenters. The third kappa shape index (κ3) is 2.05. The second-order valence-corrected chi connectivity index (χ2v) is 2.06. The van der Waals surface area contributed by atoms with Crippen molar-refractivity contribution in [2.45, 2.75) is 0 Å². The fourth-order valence-electron chi connectivity index (χ4n) is 0.652. The van der Waals surface area contributed by atoms with E-state index in [1.54, 1.807) is 0 Å². The molecular formula is C7H7FN2O3. The Labute approximate surface area is 73.3 Å². The number of nitrogens with zero attached hydrogens (tertiary/aromatic N) is 1. The Balaban J connectivity index is 2.89. The van der Waals surface area contributed by atoms with Gasteiger partial charge in [-0.1, -0.05) is 0 Å². The predicted octanol–water partition coefficient (Wildman–Crippen LogP) is 0.948. The van der Waals surface area contributed by atoms with Crippen LogP contribution in [0.4, 0.5) is 15.0 Å². The number of nitrogen functional groups attached to an aromatic ring is 1. The summed E-state index contributed by atoms with van der Waals surface area (Å²) in [5.74, 6) is -1.52. The van der Waals surface area contributed by atoms with Gasteiger partial charge in [-0.25, -0.2) is 9.78 Å². The Kier molecular flexibility index (Phi) is 2.63. The summed E-state index contributed by atoms with van der Waals surface area (Å²) in [7, 11) is 1.12. The lowest BCUT2D eigenvalue weighted by Crippen LogP contribution is -2.09. The van der Waals surface area contributed by atoms with Crippen LogP contribution in [0, 0.1) is 5.82 Å². The van der Waals surface area contributed by atoms with Gasteiger partial charge in [0, 0.05) is 12.3 Å². The van der Waals surface area contributed by atoms with Gasteiger partial charge in [0.05, 0.1) is 7.11 Å². The molecule has 13 heavy (non-hydrogen) atoms. The van der Waals surface area contributed by atoms with Gasteiger partial charge in [0.2, 0.25) is 5.82 Å². The highest BCUT2D eigenvalue weighted by atomic mass is 19.1. The van der Waals surface area contributed by atoms with E-state index < -0.39 is 12.0 Å². The summed E-state index contributed by atoms with van der Waals surface area (Å²) in [4.78, 5) is 14.0. The topological polar surface area (TPSA) is 74.4 Å². The molecule has 0 saturated heterocycles. The van der Waals surface area contributed by atoms with E-state index in [0.29, 0.717) is 0 Å². The lowest BCUT2D eigenvalue weighted by Gasteiger charge is -2.03. The van der Waals surface area contributed by atoms with Crippen molar-refractivity contribution in [1.82, 2.24) is 4.98 Å². The van der Waals surface area contributed by atoms with Crippen LogP contribution in [0.15, 0.2) is 12.3 Å². The molecule has 0 saturated carbocycles. The van der Waals surface area contributed by atoms with Crippen LogP contribution in [-0.2, 0) is 4.74 Å². The minimum absolute atomic E-state index is 0.306. The molecule has 1 heterocycles. The van der Waals surface area contributed by atoms with Gasteiger partial charge in [-0.3, -0.25) is 0 Å². The lowest BCUT2D eigenvalue weighted by molar-refractivity contribution is 0.119. The fraction of sp³-hybridized carbons (Fsp3) is 0.143. The fourth-order valence-corrected chi connectivity index (χ4v) is 0.652. The van der Waals surface area contributed by atoms with Crippen molar-refractivity contribution in [2.75, 3.05) is 12.8 Å². The summed E-state index contributed by atoms with van der Waals surface area (Å²) in [6.07, 6.45) is 0.209. The number of carbonyl (C=O) groups is 1. The average molecular weight is 186 g/mol. The third-order valence-corrected chi connectivity index (χ3v) is 1.24. The molecule has 0 spiro atoms. The molecule has 1 rings (SSSR count). The summed E-state index contributed by atoms with van der Waals surface area (Å²) < 4.78 is 21.6. The average Bonchev–Trinajstić information content (AvgIpc) is 2.13. The van der Waals surface area contributed by atoms with Crippen molar-refractivity contribution in [3.05, 3.63) is 18.1 Å². The number of hydrogen-bond acceptors (Lipinski definition) is 5. The lowest BCUT2D eigenvalue weighted by atomic mass is 10.4. The monoisotopic (exact) mass is 186 g/mol. The zero-order valence-corrected chi connectivity index (χ0v) is 6.78. The van der Waals surface area contributed by atoms with Crippen LogP contribution in [0.3, 0.4) is 0 Å². The number of halogens is 1. The van der Waals surface area contributed by atoms with Crippen molar-refractivity contribution >= 4 is 12.0 Å². The van der Waals surface area contributed by atoms with Gasteiger partial charge in [-0.15, -0.1) is 0 Å². The number of rotatable bonds is 1. The van der Waals surface area contributed by atoms with Crippen LogP contribution in [-0.4, -0.2) is 18.2 Å². The summed E-state index contributed by atoms with van der Waals surface area (Å²) in [6, 6.07) is 1.17. The summed E-state index contributed by atoms with van der Waals surface area (Å²) >= 11 is 0. The highest BCUT2D eigenvalue weighted by molar-refractivity contribution is 5.64. The number of aromatic nitrogens is 1. The second-order valence-electron chi connectivity index (χ2n) is 2.06. The van der Waals surface area contributed by atoms with Crippen LogP contribution >= 0.6 is 0 Å². The molecule has 0 bridgehead atoms. The van der Waals surface area contributed by atoms with Gasteiger partial charge in [0.1, 0.15) is 0 Å². The van der Waals surface area contributed by atoms with Gasteiger partial charge < -0.3 is 15.2 Å². The van der Waals surface area contributed by atoms with Crippen molar-refractivity contribution in [3.63, 3.8) is 0 Å². The van der Waals surface area contributed by atoms with Crippen molar-refractivity contribution in [1.29, 1.82) is 0 Å². The molecule has 0 aromatic carbocycles. The second kappa shape index (κ2) is 3.70. The van der Waals surface area contributed by atoms with E-state index in [0.717, 1.165) is 7.11 Å². The summed E-state index contributed by atoms with van der Waals surface area (Å²) in [6.45, 7) is 0. The zero-order chi connectivity index (χ0) is 9.84. The number of anilines is 1. The maximum Gasteiger partial charge on any atom is 0.513 e. The summed E-state index contributed by atoms with van der Waals surface area (Å²) in [5, 5.41) is 0. The number of hydrogen-bond donors (Lipinski definition) is 1. The number of methoxy groups -OCH3 is 1. The van der Waals surface area contributed by atoms with E-state index in [-0.39, 0.29) is 11.6 Å². The minimum atomic E-state index is -1.01. The molecule has 1 aromatic rings. The van der Waals surface area contributed by atoms with E-state index in [1.807, 2.05) is 0 Å². The Morgan fingerprint density at radius 1 is 1.69 bits per heavy atom. The van der Waals surface area contributed by atoms with Crippen LogP contribution in [0.2, 0.25) is 0 Å². The standard InChI is InChI=1S/C7H7FN2O3/c1-12-7(11)13-4-2-3-10-6(9)5(4)8/h2-3H,1H3,(H2,9,10). The molecule has 0 radical (unpaired) electrons. The first kappa shape index (κ1) is 9.24.